The van der Waals surface area contributed by atoms with Crippen LogP contribution in [-0.2, 0) is 0 Å². The molecule has 7 nitrogen and oxygen atoms in total. The van der Waals surface area contributed by atoms with Crippen molar-refractivity contribution in [2.75, 3.05) is 20.0 Å². The van der Waals surface area contributed by atoms with Crippen LogP contribution in [0, 0.1) is 0 Å². The minimum atomic E-state index is -0.0240. The van der Waals surface area contributed by atoms with Crippen LogP contribution in [-0.4, -0.2) is 40.9 Å². The molecule has 0 radical (unpaired) electrons. The number of ketones is 1. The third-order valence-electron chi connectivity index (χ3n) is 5.38. The van der Waals surface area contributed by atoms with Gasteiger partial charge in [-0.1, -0.05) is 60.3 Å². The molecule has 3 aromatic carbocycles. The molecule has 1 N–H and O–H groups in total. The van der Waals surface area contributed by atoms with Gasteiger partial charge in [-0.05, 0) is 23.8 Å². The van der Waals surface area contributed by atoms with Crippen molar-refractivity contribution in [3.05, 3.63) is 78.4 Å². The zero-order chi connectivity index (χ0) is 23.5. The Morgan fingerprint density at radius 1 is 0.912 bits per heavy atom. The van der Waals surface area contributed by atoms with E-state index in [4.69, 9.17) is 13.9 Å². The number of nitrogens with one attached hydrogen (secondary N) is 1. The highest BCUT2D eigenvalue weighted by molar-refractivity contribution is 7.99. The lowest BCUT2D eigenvalue weighted by Gasteiger charge is -2.05. The fraction of sp³-hybridized carbons (Fsp3) is 0.115. The number of aromatic amines is 1. The number of aromatic nitrogens is 3. The highest BCUT2D eigenvalue weighted by Crippen LogP contribution is 2.33. The lowest BCUT2D eigenvalue weighted by Crippen LogP contribution is -2.03. The van der Waals surface area contributed by atoms with E-state index < -0.39 is 0 Å². The minimum Gasteiger partial charge on any atom is -0.497 e. The number of nitrogens with zero attached hydrogens (tertiary/aromatic N) is 2. The van der Waals surface area contributed by atoms with Gasteiger partial charge in [0, 0.05) is 22.5 Å². The van der Waals surface area contributed by atoms with Crippen molar-refractivity contribution in [2.24, 2.45) is 0 Å². The molecule has 0 spiro atoms. The monoisotopic (exact) mass is 471 g/mol. The quantitative estimate of drug-likeness (QED) is 0.223. The number of carbonyl (C=O) groups excluding carboxylic acids is 1. The molecular formula is C26H21N3O4S. The van der Waals surface area contributed by atoms with Gasteiger partial charge in [0.2, 0.25) is 5.89 Å². The normalized spacial score (nSPS) is 11.0. The number of H-pyrrole nitrogens is 1. The molecule has 2 heterocycles. The summed E-state index contributed by atoms with van der Waals surface area (Å²) >= 11 is 1.21. The van der Waals surface area contributed by atoms with Gasteiger partial charge in [-0.25, -0.2) is 0 Å². The van der Waals surface area contributed by atoms with Crippen LogP contribution in [0.4, 0.5) is 0 Å². The average Bonchev–Trinajstić information content (AvgIpc) is 3.52. The molecule has 0 aliphatic heterocycles. The van der Waals surface area contributed by atoms with Crippen LogP contribution < -0.4 is 9.47 Å². The predicted molar refractivity (Wildman–Crippen MR) is 132 cm³/mol. The Labute approximate surface area is 200 Å². The number of methoxy groups -OCH3 is 2. The van der Waals surface area contributed by atoms with E-state index in [1.54, 1.807) is 32.4 Å². The smallest absolute Gasteiger partial charge is 0.277 e. The topological polar surface area (TPSA) is 90.2 Å². The SMILES string of the molecule is COc1cc(OC)cc(-c2nnc(SCC(=O)c3c(-c4ccccc4)[nH]c4ccccc34)o2)c1. The van der Waals surface area contributed by atoms with Crippen molar-refractivity contribution in [3.8, 4) is 34.2 Å². The van der Waals surface area contributed by atoms with E-state index in [0.29, 0.717) is 33.7 Å². The molecule has 2 aromatic heterocycles. The van der Waals surface area contributed by atoms with Gasteiger partial charge in [0.15, 0.2) is 5.78 Å². The van der Waals surface area contributed by atoms with Crippen molar-refractivity contribution in [1.29, 1.82) is 0 Å². The standard InChI is InChI=1S/C26H21N3O4S/c1-31-18-12-17(13-19(14-18)32-2)25-28-29-26(33-25)34-15-22(30)23-20-10-6-7-11-21(20)27-24(23)16-8-4-3-5-9-16/h3-14,27H,15H2,1-2H3. The zero-order valence-electron chi connectivity index (χ0n) is 18.6. The van der Waals surface area contributed by atoms with E-state index in [-0.39, 0.29) is 11.5 Å². The van der Waals surface area contributed by atoms with Crippen LogP contribution in [0.5, 0.6) is 11.5 Å². The maximum absolute atomic E-state index is 13.4. The summed E-state index contributed by atoms with van der Waals surface area (Å²) in [5.41, 5.74) is 4.01. The number of benzene rings is 3. The number of rotatable bonds is 8. The minimum absolute atomic E-state index is 0.0240. The number of para-hydroxylation sites is 1. The first kappa shape index (κ1) is 21.8. The van der Waals surface area contributed by atoms with Crippen molar-refractivity contribution < 1.29 is 18.7 Å². The Kier molecular flexibility index (Phi) is 6.05. The Morgan fingerprint density at radius 2 is 1.62 bits per heavy atom. The van der Waals surface area contributed by atoms with E-state index in [0.717, 1.165) is 22.2 Å². The number of hydrogen-bond acceptors (Lipinski definition) is 7. The van der Waals surface area contributed by atoms with E-state index >= 15 is 0 Å². The van der Waals surface area contributed by atoms with Crippen LogP contribution in [0.2, 0.25) is 0 Å². The molecule has 0 unspecified atom stereocenters. The highest BCUT2D eigenvalue weighted by atomic mass is 32.2. The fourth-order valence-electron chi connectivity index (χ4n) is 3.77. The summed E-state index contributed by atoms with van der Waals surface area (Å²) in [5, 5.41) is 9.43. The van der Waals surface area contributed by atoms with E-state index in [2.05, 4.69) is 15.2 Å². The molecule has 170 valence electrons. The van der Waals surface area contributed by atoms with Crippen molar-refractivity contribution in [3.63, 3.8) is 0 Å². The molecule has 5 aromatic rings. The largest absolute Gasteiger partial charge is 0.497 e. The van der Waals surface area contributed by atoms with Crippen LogP contribution >= 0.6 is 11.8 Å². The summed E-state index contributed by atoms with van der Waals surface area (Å²) < 4.78 is 16.4. The molecule has 0 saturated carbocycles. The van der Waals surface area contributed by atoms with Gasteiger partial charge in [-0.15, -0.1) is 10.2 Å². The third kappa shape index (κ3) is 4.27. The molecule has 0 amide bonds. The molecule has 0 aliphatic rings. The van der Waals surface area contributed by atoms with Crippen LogP contribution in [0.25, 0.3) is 33.6 Å². The molecule has 0 fully saturated rings. The van der Waals surface area contributed by atoms with Gasteiger partial charge in [0.05, 0.1) is 31.2 Å². The number of hydrogen-bond donors (Lipinski definition) is 1. The molecule has 0 aliphatic carbocycles. The summed E-state index contributed by atoms with van der Waals surface area (Å²) in [6.45, 7) is 0. The molecule has 5 rings (SSSR count). The predicted octanol–water partition coefficient (Wildman–Crippen LogP) is 5.88. The van der Waals surface area contributed by atoms with Crippen LogP contribution in [0.3, 0.4) is 0 Å². The van der Waals surface area contributed by atoms with E-state index in [1.165, 1.54) is 11.8 Å². The highest BCUT2D eigenvalue weighted by Gasteiger charge is 2.21. The fourth-order valence-corrected chi connectivity index (χ4v) is 4.40. The molecular weight excluding hydrogens is 450 g/mol. The Morgan fingerprint density at radius 3 is 2.35 bits per heavy atom. The molecule has 0 atom stereocenters. The first-order valence-electron chi connectivity index (χ1n) is 10.6. The van der Waals surface area contributed by atoms with Gasteiger partial charge >= 0.3 is 0 Å². The summed E-state index contributed by atoms with van der Waals surface area (Å²) in [6, 6.07) is 23.0. The molecule has 8 heteroatoms. The first-order chi connectivity index (χ1) is 16.7. The maximum Gasteiger partial charge on any atom is 0.277 e. The van der Waals surface area contributed by atoms with Crippen LogP contribution in [0.1, 0.15) is 10.4 Å². The van der Waals surface area contributed by atoms with Gasteiger partial charge in [-0.2, -0.15) is 0 Å². The molecule has 34 heavy (non-hydrogen) atoms. The van der Waals surface area contributed by atoms with Crippen molar-refractivity contribution >= 4 is 28.4 Å². The Hall–Kier alpha value is -4.04. The number of ether oxygens (including phenoxy) is 2. The summed E-state index contributed by atoms with van der Waals surface area (Å²) in [6.07, 6.45) is 0. The Balaban J connectivity index is 1.40. The van der Waals surface area contributed by atoms with Crippen molar-refractivity contribution in [1.82, 2.24) is 15.2 Å². The number of Topliss-reactive ketones (excluding diaryl/α,β-unsaturated/α-hetero) is 1. The van der Waals surface area contributed by atoms with Crippen molar-refractivity contribution in [2.45, 2.75) is 5.22 Å². The number of carbonyl (C=O) groups is 1. The van der Waals surface area contributed by atoms with E-state index in [1.807, 2.05) is 54.6 Å². The molecule has 0 saturated heterocycles. The first-order valence-corrected chi connectivity index (χ1v) is 11.5. The summed E-state index contributed by atoms with van der Waals surface area (Å²) in [4.78, 5) is 16.8. The summed E-state index contributed by atoms with van der Waals surface area (Å²) in [7, 11) is 3.15. The number of thioether (sulfide) groups is 1. The lowest BCUT2D eigenvalue weighted by molar-refractivity contribution is 0.102. The lowest BCUT2D eigenvalue weighted by atomic mass is 10.0. The number of fused-ring (bicyclic) bond motifs is 1. The van der Waals surface area contributed by atoms with E-state index in [9.17, 15) is 4.79 Å². The second-order valence-corrected chi connectivity index (χ2v) is 8.40. The average molecular weight is 472 g/mol. The second kappa shape index (κ2) is 9.44. The zero-order valence-corrected chi connectivity index (χ0v) is 19.4. The second-order valence-electron chi connectivity index (χ2n) is 7.47. The van der Waals surface area contributed by atoms with Crippen LogP contribution in [0.15, 0.2) is 82.4 Å². The van der Waals surface area contributed by atoms with Gasteiger partial charge in [-0.3, -0.25) is 4.79 Å². The van der Waals surface area contributed by atoms with Gasteiger partial charge in [0.1, 0.15) is 11.5 Å². The maximum atomic E-state index is 13.4. The Bertz CT molecular complexity index is 1440. The summed E-state index contributed by atoms with van der Waals surface area (Å²) in [5.74, 6) is 1.69. The molecule has 0 bridgehead atoms. The van der Waals surface area contributed by atoms with Gasteiger partial charge in [0.25, 0.3) is 5.22 Å². The van der Waals surface area contributed by atoms with Gasteiger partial charge < -0.3 is 18.9 Å². The third-order valence-corrected chi connectivity index (χ3v) is 6.20.